The lowest BCUT2D eigenvalue weighted by Gasteiger charge is -2.23. The van der Waals surface area contributed by atoms with Gasteiger partial charge >= 0.3 is 0 Å². The van der Waals surface area contributed by atoms with Gasteiger partial charge < -0.3 is 14.7 Å². The summed E-state index contributed by atoms with van der Waals surface area (Å²) in [5.74, 6) is 0.579. The molecule has 0 amide bonds. The Morgan fingerprint density at radius 1 is 1.17 bits per heavy atom. The first-order valence-corrected chi connectivity index (χ1v) is 8.17. The van der Waals surface area contributed by atoms with E-state index in [2.05, 4.69) is 55.2 Å². The van der Waals surface area contributed by atoms with Gasteiger partial charge in [0, 0.05) is 11.8 Å². The predicted octanol–water partition coefficient (Wildman–Crippen LogP) is 3.69. The Morgan fingerprint density at radius 2 is 1.88 bits per heavy atom. The predicted molar refractivity (Wildman–Crippen MR) is 99.4 cm³/mol. The summed E-state index contributed by atoms with van der Waals surface area (Å²) in [4.78, 5) is 6.69. The zero-order chi connectivity index (χ0) is 17.5. The van der Waals surface area contributed by atoms with Crippen LogP contribution in [0.3, 0.4) is 0 Å². The molecule has 0 aliphatic carbocycles. The fourth-order valence-electron chi connectivity index (χ4n) is 2.60. The summed E-state index contributed by atoms with van der Waals surface area (Å²) in [5.41, 5.74) is 3.23. The van der Waals surface area contributed by atoms with Gasteiger partial charge in [-0.15, -0.1) is 0 Å². The van der Waals surface area contributed by atoms with Crippen LogP contribution in [0.4, 0.5) is 0 Å². The van der Waals surface area contributed by atoms with Crippen LogP contribution in [0.1, 0.15) is 29.7 Å². The van der Waals surface area contributed by atoms with Crippen LogP contribution in [-0.4, -0.2) is 44.0 Å². The van der Waals surface area contributed by atoms with E-state index in [9.17, 15) is 5.11 Å². The second-order valence-electron chi connectivity index (χ2n) is 5.97. The number of rotatable bonds is 7. The average Bonchev–Trinajstić information content (AvgIpc) is 2.60. The van der Waals surface area contributed by atoms with Crippen molar-refractivity contribution in [2.75, 3.05) is 27.7 Å². The molecule has 128 valence electrons. The molecule has 24 heavy (non-hydrogen) atoms. The molecule has 4 heteroatoms. The summed E-state index contributed by atoms with van der Waals surface area (Å²) in [6, 6.07) is 14.3. The normalized spacial score (nSPS) is 12.7. The molecule has 2 rings (SSSR count). The number of benzene rings is 2. The molecule has 2 aromatic carbocycles. The Labute approximate surface area is 144 Å². The Hall–Kier alpha value is -2.33. The number of methoxy groups -OCH3 is 1. The number of hydrogen-bond donors (Lipinski definition) is 1. The molecule has 0 aliphatic heterocycles. The highest BCUT2D eigenvalue weighted by Crippen LogP contribution is 2.28. The van der Waals surface area contributed by atoms with Crippen molar-refractivity contribution < 1.29 is 9.84 Å². The molecule has 4 nitrogen and oxygen atoms in total. The third-order valence-electron chi connectivity index (χ3n) is 4.15. The number of nitrogens with zero attached hydrogens (tertiary/aromatic N) is 2. The zero-order valence-corrected chi connectivity index (χ0v) is 14.9. The minimum absolute atomic E-state index is 0.123. The number of aliphatic imine (C=N–C) groups is 1. The van der Waals surface area contributed by atoms with Crippen LogP contribution in [-0.2, 0) is 6.42 Å². The monoisotopic (exact) mass is 326 g/mol. The van der Waals surface area contributed by atoms with E-state index >= 15 is 0 Å². The first-order chi connectivity index (χ1) is 11.6. The molecule has 0 spiro atoms. The molecule has 2 aromatic rings. The van der Waals surface area contributed by atoms with E-state index < -0.39 is 0 Å². The van der Waals surface area contributed by atoms with Crippen LogP contribution in [0, 0.1) is 0 Å². The summed E-state index contributed by atoms with van der Waals surface area (Å²) < 4.78 is 5.12. The number of likely N-dealkylation sites (N-methyl/N-ethyl adjacent to an activating group) is 1. The van der Waals surface area contributed by atoms with Gasteiger partial charge in [0.05, 0.1) is 19.7 Å². The zero-order valence-electron chi connectivity index (χ0n) is 14.9. The second kappa shape index (κ2) is 8.50. The SMILES string of the molecule is CCc1ccc([C@H](CN=Cc2cccc(OC)c2O)N(C)C)cc1. The molecular formula is C20H26N2O2. The van der Waals surface area contributed by atoms with E-state index in [1.54, 1.807) is 12.3 Å². The van der Waals surface area contributed by atoms with E-state index in [4.69, 9.17) is 4.74 Å². The second-order valence-corrected chi connectivity index (χ2v) is 5.97. The minimum atomic E-state index is 0.123. The quantitative estimate of drug-likeness (QED) is 0.789. The smallest absolute Gasteiger partial charge is 0.166 e. The molecule has 0 saturated carbocycles. The molecule has 0 bridgehead atoms. The van der Waals surface area contributed by atoms with Gasteiger partial charge in [-0.1, -0.05) is 37.3 Å². The summed E-state index contributed by atoms with van der Waals surface area (Å²) in [7, 11) is 5.64. The number of para-hydroxylation sites is 1. The Morgan fingerprint density at radius 3 is 2.46 bits per heavy atom. The minimum Gasteiger partial charge on any atom is -0.504 e. The fourth-order valence-corrected chi connectivity index (χ4v) is 2.60. The molecule has 0 radical (unpaired) electrons. The maximum atomic E-state index is 10.1. The van der Waals surface area contributed by atoms with E-state index in [0.29, 0.717) is 17.9 Å². The topological polar surface area (TPSA) is 45.1 Å². The number of hydrogen-bond acceptors (Lipinski definition) is 4. The van der Waals surface area contributed by atoms with E-state index in [-0.39, 0.29) is 11.8 Å². The molecule has 0 fully saturated rings. The number of phenols is 1. The molecule has 0 saturated heterocycles. The third-order valence-corrected chi connectivity index (χ3v) is 4.15. The van der Waals surface area contributed by atoms with Crippen LogP contribution in [0.5, 0.6) is 11.5 Å². The average molecular weight is 326 g/mol. The van der Waals surface area contributed by atoms with E-state index in [0.717, 1.165) is 6.42 Å². The Bertz CT molecular complexity index is 679. The van der Waals surface area contributed by atoms with Crippen molar-refractivity contribution in [2.45, 2.75) is 19.4 Å². The van der Waals surface area contributed by atoms with Gasteiger partial charge in [-0.3, -0.25) is 4.99 Å². The molecule has 0 aromatic heterocycles. The van der Waals surface area contributed by atoms with Gasteiger partial charge in [0.15, 0.2) is 11.5 Å². The number of phenolic OH excluding ortho intramolecular Hbond substituents is 1. The summed E-state index contributed by atoms with van der Waals surface area (Å²) >= 11 is 0. The lowest BCUT2D eigenvalue weighted by molar-refractivity contribution is 0.307. The molecule has 0 aliphatic rings. The van der Waals surface area contributed by atoms with Gasteiger partial charge in [0.1, 0.15) is 0 Å². The molecular weight excluding hydrogens is 300 g/mol. The number of ether oxygens (including phenoxy) is 1. The maximum absolute atomic E-state index is 10.1. The summed E-state index contributed by atoms with van der Waals surface area (Å²) in [6.45, 7) is 2.78. The van der Waals surface area contributed by atoms with Crippen molar-refractivity contribution in [3.05, 3.63) is 59.2 Å². The van der Waals surface area contributed by atoms with Crippen molar-refractivity contribution in [3.8, 4) is 11.5 Å². The third kappa shape index (κ3) is 4.36. The van der Waals surface area contributed by atoms with E-state index in [1.165, 1.54) is 18.2 Å². The van der Waals surface area contributed by atoms with Crippen LogP contribution < -0.4 is 4.74 Å². The van der Waals surface area contributed by atoms with Gasteiger partial charge in [0.25, 0.3) is 0 Å². The number of aryl methyl sites for hydroxylation is 1. The highest BCUT2D eigenvalue weighted by Gasteiger charge is 2.13. The first kappa shape index (κ1) is 18.0. The van der Waals surface area contributed by atoms with Gasteiger partial charge in [-0.25, -0.2) is 0 Å². The van der Waals surface area contributed by atoms with Crippen molar-refractivity contribution >= 4 is 6.21 Å². The highest BCUT2D eigenvalue weighted by molar-refractivity contribution is 5.84. The standard InChI is InChI=1S/C20H26N2O2/c1-5-15-9-11-16(12-10-15)18(22(2)3)14-21-13-17-7-6-8-19(24-4)20(17)23/h6-13,18,23H,5,14H2,1-4H3/t18-/m0/s1. The lowest BCUT2D eigenvalue weighted by atomic mass is 10.0. The first-order valence-electron chi connectivity index (χ1n) is 8.17. The van der Waals surface area contributed by atoms with Crippen molar-refractivity contribution in [2.24, 2.45) is 4.99 Å². The van der Waals surface area contributed by atoms with E-state index in [1.807, 2.05) is 12.1 Å². The highest BCUT2D eigenvalue weighted by atomic mass is 16.5. The Kier molecular flexibility index (Phi) is 6.38. The fraction of sp³-hybridized carbons (Fsp3) is 0.350. The van der Waals surface area contributed by atoms with Crippen molar-refractivity contribution in [1.82, 2.24) is 4.90 Å². The molecule has 1 N–H and O–H groups in total. The van der Waals surface area contributed by atoms with Crippen molar-refractivity contribution in [3.63, 3.8) is 0 Å². The van der Waals surface area contributed by atoms with Crippen LogP contribution in [0.15, 0.2) is 47.5 Å². The van der Waals surface area contributed by atoms with Crippen LogP contribution in [0.25, 0.3) is 0 Å². The van der Waals surface area contributed by atoms with Gasteiger partial charge in [-0.05, 0) is 43.8 Å². The maximum Gasteiger partial charge on any atom is 0.166 e. The van der Waals surface area contributed by atoms with Crippen molar-refractivity contribution in [1.29, 1.82) is 0 Å². The van der Waals surface area contributed by atoms with Gasteiger partial charge in [-0.2, -0.15) is 0 Å². The van der Waals surface area contributed by atoms with Crippen LogP contribution >= 0.6 is 0 Å². The largest absolute Gasteiger partial charge is 0.504 e. The molecule has 0 unspecified atom stereocenters. The Balaban J connectivity index is 2.14. The molecule has 1 atom stereocenters. The molecule has 0 heterocycles. The van der Waals surface area contributed by atoms with Crippen LogP contribution in [0.2, 0.25) is 0 Å². The lowest BCUT2D eigenvalue weighted by Crippen LogP contribution is -2.22. The number of aromatic hydroxyl groups is 1. The summed E-state index contributed by atoms with van der Waals surface area (Å²) in [5, 5.41) is 10.1. The summed E-state index contributed by atoms with van der Waals surface area (Å²) in [6.07, 6.45) is 2.74. The van der Waals surface area contributed by atoms with Gasteiger partial charge in [0.2, 0.25) is 0 Å².